The number of amides is 1. The van der Waals surface area contributed by atoms with Crippen LogP contribution < -0.4 is 10.6 Å². The van der Waals surface area contributed by atoms with Crippen LogP contribution in [0.25, 0.3) is 0 Å². The molecule has 0 bridgehead atoms. The van der Waals surface area contributed by atoms with Gasteiger partial charge < -0.3 is 10.6 Å². The van der Waals surface area contributed by atoms with Gasteiger partial charge in [-0.25, -0.2) is 0 Å². The highest BCUT2D eigenvalue weighted by Gasteiger charge is 2.23. The van der Waals surface area contributed by atoms with E-state index in [9.17, 15) is 4.79 Å². The van der Waals surface area contributed by atoms with Crippen LogP contribution in [0.2, 0.25) is 0 Å². The molecule has 3 rings (SSSR count). The van der Waals surface area contributed by atoms with E-state index >= 15 is 0 Å². The highest BCUT2D eigenvalue weighted by molar-refractivity contribution is 7.07. The van der Waals surface area contributed by atoms with E-state index in [1.165, 1.54) is 16.7 Å². The molecule has 0 saturated carbocycles. The molecule has 1 atom stereocenters. The highest BCUT2D eigenvalue weighted by Crippen LogP contribution is 2.16. The summed E-state index contributed by atoms with van der Waals surface area (Å²) >= 11 is 1.69. The van der Waals surface area contributed by atoms with Crippen LogP contribution in [0, 0.1) is 0 Å². The molecule has 0 aliphatic carbocycles. The summed E-state index contributed by atoms with van der Waals surface area (Å²) in [4.78, 5) is 12.2. The molecule has 2 N–H and O–H groups in total. The Hall–Kier alpha value is -1.36. The molecule has 1 unspecified atom stereocenters. The molecule has 0 fully saturated rings. The Labute approximate surface area is 135 Å². The first-order valence-corrected chi connectivity index (χ1v) is 7.86. The Bertz CT molecular complexity index is 586. The van der Waals surface area contributed by atoms with Crippen molar-refractivity contribution in [1.29, 1.82) is 0 Å². The van der Waals surface area contributed by atoms with Gasteiger partial charge in [0, 0.05) is 13.1 Å². The Morgan fingerprint density at radius 2 is 2.10 bits per heavy atom. The number of hydrogen-bond donors (Lipinski definition) is 2. The second-order valence-electron chi connectivity index (χ2n) is 5.08. The Morgan fingerprint density at radius 3 is 2.86 bits per heavy atom. The molecular formula is C16H19ClN2OS. The first-order valence-electron chi connectivity index (χ1n) is 6.92. The SMILES string of the molecule is Cl.O=C(NCCc1ccsc1)C1Cc2ccccc2CN1. The molecule has 1 aliphatic rings. The first kappa shape index (κ1) is 16.0. The zero-order chi connectivity index (χ0) is 13.8. The molecule has 1 aromatic carbocycles. The fraction of sp³-hybridized carbons (Fsp3) is 0.312. The summed E-state index contributed by atoms with van der Waals surface area (Å²) in [6.45, 7) is 1.48. The number of rotatable bonds is 4. The molecular weight excluding hydrogens is 304 g/mol. The van der Waals surface area contributed by atoms with E-state index in [4.69, 9.17) is 0 Å². The number of thiophene rings is 1. The number of hydrogen-bond acceptors (Lipinski definition) is 3. The smallest absolute Gasteiger partial charge is 0.237 e. The molecule has 2 aromatic rings. The number of fused-ring (bicyclic) bond motifs is 1. The van der Waals surface area contributed by atoms with Gasteiger partial charge in [-0.1, -0.05) is 24.3 Å². The maximum atomic E-state index is 12.2. The summed E-state index contributed by atoms with van der Waals surface area (Å²) in [7, 11) is 0. The van der Waals surface area contributed by atoms with E-state index < -0.39 is 0 Å². The van der Waals surface area contributed by atoms with Crippen LogP contribution in [-0.4, -0.2) is 18.5 Å². The Balaban J connectivity index is 0.00000161. The number of nitrogens with one attached hydrogen (secondary N) is 2. The molecule has 112 valence electrons. The Morgan fingerprint density at radius 1 is 1.29 bits per heavy atom. The molecule has 1 aromatic heterocycles. The van der Waals surface area contributed by atoms with Gasteiger partial charge in [0.2, 0.25) is 5.91 Å². The lowest BCUT2D eigenvalue weighted by molar-refractivity contribution is -0.123. The molecule has 3 nitrogen and oxygen atoms in total. The normalized spacial score (nSPS) is 16.7. The molecule has 1 aliphatic heterocycles. The number of halogens is 1. The number of carbonyl (C=O) groups is 1. The maximum Gasteiger partial charge on any atom is 0.237 e. The van der Waals surface area contributed by atoms with Gasteiger partial charge in [-0.2, -0.15) is 11.3 Å². The van der Waals surface area contributed by atoms with Crippen molar-refractivity contribution in [3.8, 4) is 0 Å². The summed E-state index contributed by atoms with van der Waals surface area (Å²) < 4.78 is 0. The number of carbonyl (C=O) groups excluding carboxylic acids is 1. The van der Waals surface area contributed by atoms with Crippen molar-refractivity contribution in [3.63, 3.8) is 0 Å². The average Bonchev–Trinajstić information content (AvgIpc) is 3.00. The highest BCUT2D eigenvalue weighted by atomic mass is 35.5. The van der Waals surface area contributed by atoms with E-state index in [-0.39, 0.29) is 24.4 Å². The summed E-state index contributed by atoms with van der Waals surface area (Å²) in [5.41, 5.74) is 3.87. The van der Waals surface area contributed by atoms with Crippen molar-refractivity contribution in [2.75, 3.05) is 6.54 Å². The minimum atomic E-state index is -0.104. The molecule has 0 saturated heterocycles. The molecule has 5 heteroatoms. The fourth-order valence-electron chi connectivity index (χ4n) is 2.53. The predicted octanol–water partition coefficient (Wildman–Crippen LogP) is 2.54. The van der Waals surface area contributed by atoms with Crippen LogP contribution in [0.4, 0.5) is 0 Å². The van der Waals surface area contributed by atoms with E-state index in [1.54, 1.807) is 11.3 Å². The van der Waals surface area contributed by atoms with Crippen molar-refractivity contribution >= 4 is 29.7 Å². The largest absolute Gasteiger partial charge is 0.354 e. The van der Waals surface area contributed by atoms with E-state index in [2.05, 4.69) is 39.6 Å². The minimum absolute atomic E-state index is 0. The van der Waals surface area contributed by atoms with E-state index in [0.29, 0.717) is 6.54 Å². The van der Waals surface area contributed by atoms with Gasteiger partial charge in [0.1, 0.15) is 0 Å². The van der Waals surface area contributed by atoms with Gasteiger partial charge in [0.05, 0.1) is 6.04 Å². The second-order valence-corrected chi connectivity index (χ2v) is 5.86. The minimum Gasteiger partial charge on any atom is -0.354 e. The topological polar surface area (TPSA) is 41.1 Å². The molecule has 21 heavy (non-hydrogen) atoms. The van der Waals surface area contributed by atoms with Crippen molar-refractivity contribution < 1.29 is 4.79 Å². The monoisotopic (exact) mass is 322 g/mol. The Kier molecular flexibility index (Phi) is 5.79. The standard InChI is InChI=1S/C16H18N2OS.ClH/c19-16(17-7-5-12-6-8-20-11-12)15-9-13-3-1-2-4-14(13)10-18-15;/h1-4,6,8,11,15,18H,5,7,9-10H2,(H,17,19);1H. The predicted molar refractivity (Wildman–Crippen MR) is 89.1 cm³/mol. The van der Waals surface area contributed by atoms with Gasteiger partial charge in [0.15, 0.2) is 0 Å². The van der Waals surface area contributed by atoms with Gasteiger partial charge in [-0.15, -0.1) is 12.4 Å². The summed E-state index contributed by atoms with van der Waals surface area (Å²) in [5, 5.41) is 10.5. The number of benzene rings is 1. The summed E-state index contributed by atoms with van der Waals surface area (Å²) in [6, 6.07) is 10.3. The van der Waals surface area contributed by atoms with E-state index in [0.717, 1.165) is 19.4 Å². The van der Waals surface area contributed by atoms with Crippen LogP contribution >= 0.6 is 23.7 Å². The fourth-order valence-corrected chi connectivity index (χ4v) is 3.23. The van der Waals surface area contributed by atoms with Crippen LogP contribution in [0.1, 0.15) is 16.7 Å². The van der Waals surface area contributed by atoms with Gasteiger partial charge in [-0.05, 0) is 46.4 Å². The van der Waals surface area contributed by atoms with Crippen molar-refractivity contribution in [2.45, 2.75) is 25.4 Å². The van der Waals surface area contributed by atoms with Gasteiger partial charge >= 0.3 is 0 Å². The third-order valence-electron chi connectivity index (χ3n) is 3.69. The van der Waals surface area contributed by atoms with E-state index in [1.807, 2.05) is 12.1 Å². The maximum absolute atomic E-state index is 12.2. The third-order valence-corrected chi connectivity index (χ3v) is 4.42. The zero-order valence-electron chi connectivity index (χ0n) is 11.7. The molecule has 1 amide bonds. The van der Waals surface area contributed by atoms with Crippen LogP contribution in [0.5, 0.6) is 0 Å². The summed E-state index contributed by atoms with van der Waals surface area (Å²) in [6.07, 6.45) is 1.68. The lowest BCUT2D eigenvalue weighted by Crippen LogP contribution is -2.48. The van der Waals surface area contributed by atoms with Crippen molar-refractivity contribution in [1.82, 2.24) is 10.6 Å². The van der Waals surface area contributed by atoms with Crippen molar-refractivity contribution in [2.24, 2.45) is 0 Å². The lowest BCUT2D eigenvalue weighted by Gasteiger charge is -2.25. The third kappa shape index (κ3) is 4.06. The zero-order valence-corrected chi connectivity index (χ0v) is 13.3. The van der Waals surface area contributed by atoms with Gasteiger partial charge in [-0.3, -0.25) is 4.79 Å². The molecule has 0 radical (unpaired) electrons. The molecule has 2 heterocycles. The van der Waals surface area contributed by atoms with Crippen LogP contribution in [-0.2, 0) is 24.2 Å². The van der Waals surface area contributed by atoms with Crippen LogP contribution in [0.15, 0.2) is 41.1 Å². The quantitative estimate of drug-likeness (QED) is 0.908. The summed E-state index contributed by atoms with van der Waals surface area (Å²) in [5.74, 6) is 0.106. The van der Waals surface area contributed by atoms with Gasteiger partial charge in [0.25, 0.3) is 0 Å². The van der Waals surface area contributed by atoms with Crippen molar-refractivity contribution in [3.05, 3.63) is 57.8 Å². The van der Waals surface area contributed by atoms with Crippen LogP contribution in [0.3, 0.4) is 0 Å². The second kappa shape index (κ2) is 7.59. The lowest BCUT2D eigenvalue weighted by atomic mass is 9.95. The average molecular weight is 323 g/mol. The molecule has 0 spiro atoms. The first-order chi connectivity index (χ1) is 9.83.